The van der Waals surface area contributed by atoms with E-state index >= 15 is 0 Å². The van der Waals surface area contributed by atoms with Crippen LogP contribution in [-0.4, -0.2) is 51.7 Å². The summed E-state index contributed by atoms with van der Waals surface area (Å²) in [5.41, 5.74) is 0.954. The molecule has 0 unspecified atom stereocenters. The highest BCUT2D eigenvalue weighted by molar-refractivity contribution is 7.87. The Labute approximate surface area is 120 Å². The highest BCUT2D eigenvalue weighted by atomic mass is 32.2. The molecular formula is C13H22N2O4S. The van der Waals surface area contributed by atoms with E-state index in [1.165, 1.54) is 11.4 Å². The molecule has 0 saturated carbocycles. The van der Waals surface area contributed by atoms with Crippen molar-refractivity contribution in [2.75, 3.05) is 33.9 Å². The van der Waals surface area contributed by atoms with Gasteiger partial charge in [0.2, 0.25) is 0 Å². The predicted octanol–water partition coefficient (Wildman–Crippen LogP) is 0.386. The van der Waals surface area contributed by atoms with Gasteiger partial charge < -0.3 is 9.84 Å². The van der Waals surface area contributed by atoms with Crippen LogP contribution in [0.5, 0.6) is 5.75 Å². The number of rotatable bonds is 9. The van der Waals surface area contributed by atoms with Gasteiger partial charge in [0.05, 0.1) is 7.11 Å². The van der Waals surface area contributed by atoms with E-state index in [9.17, 15) is 8.42 Å². The number of methoxy groups -OCH3 is 1. The van der Waals surface area contributed by atoms with Crippen LogP contribution in [0.1, 0.15) is 12.0 Å². The summed E-state index contributed by atoms with van der Waals surface area (Å²) >= 11 is 0. The van der Waals surface area contributed by atoms with Crippen molar-refractivity contribution in [3.05, 3.63) is 29.8 Å². The minimum absolute atomic E-state index is 0.0267. The number of hydrogen-bond donors (Lipinski definition) is 2. The third-order valence-electron chi connectivity index (χ3n) is 2.91. The van der Waals surface area contributed by atoms with Gasteiger partial charge in [0.25, 0.3) is 10.2 Å². The van der Waals surface area contributed by atoms with E-state index in [0.717, 1.165) is 11.3 Å². The average molecular weight is 302 g/mol. The molecule has 0 saturated heterocycles. The standard InChI is InChI=1S/C13H22N2O4S/c1-15(10-5-11-16)20(17,18)14-9-8-12-6-3-4-7-13(12)19-2/h3-4,6-7,14,16H,5,8-11H2,1-2H3. The minimum Gasteiger partial charge on any atom is -0.496 e. The van der Waals surface area contributed by atoms with Crippen LogP contribution in [0.25, 0.3) is 0 Å². The Hall–Kier alpha value is -1.15. The summed E-state index contributed by atoms with van der Waals surface area (Å²) in [5, 5.41) is 8.71. The third kappa shape index (κ3) is 5.09. The summed E-state index contributed by atoms with van der Waals surface area (Å²) in [6.07, 6.45) is 0.973. The fourth-order valence-corrected chi connectivity index (χ4v) is 2.70. The van der Waals surface area contributed by atoms with E-state index in [2.05, 4.69) is 4.72 Å². The van der Waals surface area contributed by atoms with Crippen molar-refractivity contribution in [1.29, 1.82) is 0 Å². The van der Waals surface area contributed by atoms with Crippen LogP contribution >= 0.6 is 0 Å². The molecule has 0 atom stereocenters. The van der Waals surface area contributed by atoms with Gasteiger partial charge in [-0.15, -0.1) is 0 Å². The first kappa shape index (κ1) is 16.9. The molecule has 0 aromatic heterocycles. The van der Waals surface area contributed by atoms with E-state index < -0.39 is 10.2 Å². The summed E-state index contributed by atoms with van der Waals surface area (Å²) in [6, 6.07) is 7.51. The average Bonchev–Trinajstić information content (AvgIpc) is 2.45. The number of ether oxygens (including phenoxy) is 1. The Morgan fingerprint density at radius 2 is 2.05 bits per heavy atom. The fraction of sp³-hybridized carbons (Fsp3) is 0.538. The molecule has 6 nitrogen and oxygen atoms in total. The third-order valence-corrected chi connectivity index (χ3v) is 4.48. The molecule has 0 spiro atoms. The van der Waals surface area contributed by atoms with Crippen LogP contribution in [0, 0.1) is 0 Å². The van der Waals surface area contributed by atoms with E-state index in [-0.39, 0.29) is 6.61 Å². The van der Waals surface area contributed by atoms with E-state index in [0.29, 0.717) is 25.9 Å². The number of hydrogen-bond acceptors (Lipinski definition) is 4. The van der Waals surface area contributed by atoms with Crippen LogP contribution < -0.4 is 9.46 Å². The number of para-hydroxylation sites is 1. The maximum Gasteiger partial charge on any atom is 0.279 e. The summed E-state index contributed by atoms with van der Waals surface area (Å²) in [4.78, 5) is 0. The molecule has 1 aromatic carbocycles. The number of nitrogens with one attached hydrogen (secondary N) is 1. The second kappa shape index (κ2) is 8.21. The lowest BCUT2D eigenvalue weighted by molar-refractivity contribution is 0.275. The normalized spacial score (nSPS) is 11.8. The molecule has 1 aromatic rings. The van der Waals surface area contributed by atoms with Crippen LogP contribution in [-0.2, 0) is 16.6 Å². The van der Waals surface area contributed by atoms with Crippen molar-refractivity contribution >= 4 is 10.2 Å². The highest BCUT2D eigenvalue weighted by Gasteiger charge is 2.16. The van der Waals surface area contributed by atoms with Gasteiger partial charge in [-0.1, -0.05) is 18.2 Å². The Morgan fingerprint density at radius 3 is 2.70 bits per heavy atom. The summed E-state index contributed by atoms with van der Waals surface area (Å²) in [5.74, 6) is 0.750. The zero-order valence-corrected chi connectivity index (χ0v) is 12.7. The second-order valence-electron chi connectivity index (χ2n) is 4.36. The molecule has 0 fully saturated rings. The fourth-order valence-electron chi connectivity index (χ4n) is 1.75. The summed E-state index contributed by atoms with van der Waals surface area (Å²) < 4.78 is 32.7. The van der Waals surface area contributed by atoms with Crippen molar-refractivity contribution in [3.63, 3.8) is 0 Å². The Balaban J connectivity index is 2.50. The molecule has 114 valence electrons. The largest absolute Gasteiger partial charge is 0.496 e. The molecule has 0 heterocycles. The Kier molecular flexibility index (Phi) is 6.94. The molecule has 0 aliphatic carbocycles. The van der Waals surface area contributed by atoms with Crippen LogP contribution in [0.4, 0.5) is 0 Å². The van der Waals surface area contributed by atoms with Gasteiger partial charge in [-0.05, 0) is 24.5 Å². The van der Waals surface area contributed by atoms with Gasteiger partial charge in [0.1, 0.15) is 5.75 Å². The molecule has 1 rings (SSSR count). The van der Waals surface area contributed by atoms with E-state index in [4.69, 9.17) is 9.84 Å². The smallest absolute Gasteiger partial charge is 0.279 e. The minimum atomic E-state index is -3.49. The van der Waals surface area contributed by atoms with Crippen molar-refractivity contribution < 1.29 is 18.3 Å². The molecule has 0 aliphatic rings. The molecule has 0 amide bonds. The number of aliphatic hydroxyl groups excluding tert-OH is 1. The molecule has 0 aliphatic heterocycles. The first-order valence-corrected chi connectivity index (χ1v) is 7.89. The lowest BCUT2D eigenvalue weighted by Crippen LogP contribution is -2.39. The van der Waals surface area contributed by atoms with Crippen LogP contribution in [0.2, 0.25) is 0 Å². The number of nitrogens with zero attached hydrogens (tertiary/aromatic N) is 1. The van der Waals surface area contributed by atoms with Gasteiger partial charge in [0.15, 0.2) is 0 Å². The second-order valence-corrected chi connectivity index (χ2v) is 6.22. The predicted molar refractivity (Wildman–Crippen MR) is 78.0 cm³/mol. The Bertz CT molecular complexity index is 505. The SMILES string of the molecule is COc1ccccc1CCNS(=O)(=O)N(C)CCCO. The lowest BCUT2D eigenvalue weighted by atomic mass is 10.1. The Morgan fingerprint density at radius 1 is 1.35 bits per heavy atom. The number of aliphatic hydroxyl groups is 1. The van der Waals surface area contributed by atoms with E-state index in [1.807, 2.05) is 24.3 Å². The van der Waals surface area contributed by atoms with Crippen molar-refractivity contribution in [2.45, 2.75) is 12.8 Å². The molecule has 0 radical (unpaired) electrons. The van der Waals surface area contributed by atoms with Crippen LogP contribution in [0.3, 0.4) is 0 Å². The summed E-state index contributed by atoms with van der Waals surface area (Å²) in [6.45, 7) is 0.563. The van der Waals surface area contributed by atoms with Gasteiger partial charge in [-0.2, -0.15) is 12.7 Å². The molecule has 20 heavy (non-hydrogen) atoms. The van der Waals surface area contributed by atoms with Crippen molar-refractivity contribution in [1.82, 2.24) is 9.03 Å². The van der Waals surface area contributed by atoms with Crippen molar-refractivity contribution in [3.8, 4) is 5.75 Å². The quantitative estimate of drug-likeness (QED) is 0.691. The molecule has 7 heteroatoms. The molecule has 2 N–H and O–H groups in total. The van der Waals surface area contributed by atoms with Gasteiger partial charge in [0, 0.05) is 26.7 Å². The van der Waals surface area contributed by atoms with Crippen LogP contribution in [0.15, 0.2) is 24.3 Å². The van der Waals surface area contributed by atoms with Gasteiger partial charge >= 0.3 is 0 Å². The van der Waals surface area contributed by atoms with Crippen molar-refractivity contribution in [2.24, 2.45) is 0 Å². The first-order chi connectivity index (χ1) is 9.51. The molecular weight excluding hydrogens is 280 g/mol. The maximum atomic E-state index is 11.9. The zero-order valence-electron chi connectivity index (χ0n) is 11.9. The lowest BCUT2D eigenvalue weighted by Gasteiger charge is -2.17. The van der Waals surface area contributed by atoms with Gasteiger partial charge in [-0.25, -0.2) is 4.72 Å². The summed E-state index contributed by atoms with van der Waals surface area (Å²) in [7, 11) is -0.415. The monoisotopic (exact) mass is 302 g/mol. The van der Waals surface area contributed by atoms with Gasteiger partial charge in [-0.3, -0.25) is 0 Å². The zero-order chi connectivity index (χ0) is 15.0. The maximum absolute atomic E-state index is 11.9. The topological polar surface area (TPSA) is 78.9 Å². The molecule has 0 bridgehead atoms. The number of benzene rings is 1. The highest BCUT2D eigenvalue weighted by Crippen LogP contribution is 2.17. The first-order valence-electron chi connectivity index (χ1n) is 6.45. The van der Waals surface area contributed by atoms with E-state index in [1.54, 1.807) is 7.11 Å².